The molecule has 0 aliphatic heterocycles. The largest absolute Gasteiger partial charge is 0.312 e. The van der Waals surface area contributed by atoms with Crippen molar-refractivity contribution in [1.29, 1.82) is 0 Å². The second-order valence-corrected chi connectivity index (χ2v) is 13.7. The van der Waals surface area contributed by atoms with Crippen molar-refractivity contribution in [2.24, 2.45) is 0 Å². The predicted octanol–water partition coefficient (Wildman–Crippen LogP) is 13.2. The summed E-state index contributed by atoms with van der Waals surface area (Å²) in [5.74, 6) is 0.289. The summed E-state index contributed by atoms with van der Waals surface area (Å²) in [6, 6.07) is 57.4. The van der Waals surface area contributed by atoms with E-state index >= 15 is 0 Å². The van der Waals surface area contributed by atoms with Gasteiger partial charge in [-0.2, -0.15) is 0 Å². The smallest absolute Gasteiger partial charge is 0.0537 e. The van der Waals surface area contributed by atoms with Gasteiger partial charge in [0.2, 0.25) is 0 Å². The third-order valence-electron chi connectivity index (χ3n) is 10.7. The molecule has 9 rings (SSSR count). The van der Waals surface area contributed by atoms with E-state index in [1.165, 1.54) is 61.2 Å². The standard InChI is InChI=1S/C49H40N2/c1-35-13-8-9-18-44(35)46-20-12-21-47-45-19-10-11-22-48(45)51(49(46)47)43-33-31-42(32-34-43)50(40-16-6-3-7-17-40)41-29-27-39(28-30-41)38-25-23-37(24-26-38)36-14-4-2-5-15-36/h2-19,21-23,25,27-34,46H,20,24,26H2,1H3. The molecular formula is C49H40N2. The van der Waals surface area contributed by atoms with E-state index in [1.54, 1.807) is 0 Å². The number of aromatic nitrogens is 1. The molecule has 0 spiro atoms. The number of hydrogen-bond donors (Lipinski definition) is 0. The van der Waals surface area contributed by atoms with E-state index in [0.717, 1.165) is 36.3 Å². The van der Waals surface area contributed by atoms with Gasteiger partial charge in [-0.3, -0.25) is 0 Å². The zero-order valence-corrected chi connectivity index (χ0v) is 28.9. The van der Waals surface area contributed by atoms with Gasteiger partial charge in [0.25, 0.3) is 0 Å². The van der Waals surface area contributed by atoms with Crippen LogP contribution < -0.4 is 4.90 Å². The molecule has 2 nitrogen and oxygen atoms in total. The van der Waals surface area contributed by atoms with E-state index in [0.29, 0.717) is 0 Å². The lowest BCUT2D eigenvalue weighted by molar-refractivity contribution is 0.759. The van der Waals surface area contributed by atoms with Crippen molar-refractivity contribution < 1.29 is 0 Å². The molecule has 0 saturated carbocycles. The first-order chi connectivity index (χ1) is 25.2. The minimum absolute atomic E-state index is 0.289. The van der Waals surface area contributed by atoms with Gasteiger partial charge < -0.3 is 9.47 Å². The van der Waals surface area contributed by atoms with E-state index in [-0.39, 0.29) is 5.92 Å². The lowest BCUT2D eigenvalue weighted by Gasteiger charge is -2.27. The molecule has 0 fully saturated rings. The zero-order valence-electron chi connectivity index (χ0n) is 28.9. The number of benzene rings is 6. The Hall–Kier alpha value is -6.12. The second-order valence-electron chi connectivity index (χ2n) is 13.7. The van der Waals surface area contributed by atoms with Gasteiger partial charge in [0.05, 0.1) is 5.52 Å². The van der Waals surface area contributed by atoms with Crippen molar-refractivity contribution in [3.05, 3.63) is 209 Å². The van der Waals surface area contributed by atoms with Crippen molar-refractivity contribution >= 4 is 45.2 Å². The highest BCUT2D eigenvalue weighted by atomic mass is 15.1. The van der Waals surface area contributed by atoms with E-state index in [1.807, 2.05) is 0 Å². The van der Waals surface area contributed by atoms with Crippen LogP contribution in [0.2, 0.25) is 0 Å². The fourth-order valence-corrected chi connectivity index (χ4v) is 8.14. The summed E-state index contributed by atoms with van der Waals surface area (Å²) in [5.41, 5.74) is 16.7. The molecule has 246 valence electrons. The van der Waals surface area contributed by atoms with Crippen LogP contribution in [0.25, 0.3) is 33.8 Å². The number of fused-ring (bicyclic) bond motifs is 3. The van der Waals surface area contributed by atoms with Gasteiger partial charge in [0.15, 0.2) is 0 Å². The van der Waals surface area contributed by atoms with E-state index in [9.17, 15) is 0 Å². The van der Waals surface area contributed by atoms with Crippen molar-refractivity contribution in [2.75, 3.05) is 4.90 Å². The summed E-state index contributed by atoms with van der Waals surface area (Å²) in [5, 5.41) is 1.30. The van der Waals surface area contributed by atoms with E-state index in [2.05, 4.69) is 198 Å². The van der Waals surface area contributed by atoms with Crippen LogP contribution in [0.15, 0.2) is 176 Å². The number of anilines is 3. The Morgan fingerprint density at radius 1 is 0.549 bits per heavy atom. The lowest BCUT2D eigenvalue weighted by Crippen LogP contribution is -2.13. The van der Waals surface area contributed by atoms with Crippen molar-refractivity contribution in [3.63, 3.8) is 0 Å². The third kappa shape index (κ3) is 5.73. The third-order valence-corrected chi connectivity index (χ3v) is 10.7. The van der Waals surface area contributed by atoms with Crippen LogP contribution >= 0.6 is 0 Å². The van der Waals surface area contributed by atoms with E-state index < -0.39 is 0 Å². The Labute approximate surface area is 301 Å². The number of aryl methyl sites for hydroxylation is 1. The SMILES string of the molecule is Cc1ccccc1C1CC=Cc2c1n(-c1ccc(N(c3ccccc3)c3ccc(C4=CC=C(c5ccccc5)CC4)cc3)cc1)c1ccccc21. The Balaban J connectivity index is 1.08. The molecule has 2 aliphatic rings. The summed E-state index contributed by atoms with van der Waals surface area (Å²) >= 11 is 0. The van der Waals surface area contributed by atoms with Gasteiger partial charge in [-0.05, 0) is 114 Å². The quantitative estimate of drug-likeness (QED) is 0.166. The Morgan fingerprint density at radius 2 is 1.12 bits per heavy atom. The number of allylic oxidation sites excluding steroid dienone is 5. The van der Waals surface area contributed by atoms with Crippen LogP contribution in [0.4, 0.5) is 17.1 Å². The second kappa shape index (κ2) is 13.3. The molecule has 1 unspecified atom stereocenters. The fraction of sp³-hybridized carbons (Fsp3) is 0.102. The Morgan fingerprint density at radius 3 is 1.80 bits per heavy atom. The highest BCUT2D eigenvalue weighted by Crippen LogP contribution is 2.44. The summed E-state index contributed by atoms with van der Waals surface area (Å²) in [7, 11) is 0. The summed E-state index contributed by atoms with van der Waals surface area (Å²) in [6.07, 6.45) is 12.4. The van der Waals surface area contributed by atoms with Crippen LogP contribution in [0.1, 0.15) is 58.7 Å². The highest BCUT2D eigenvalue weighted by molar-refractivity contribution is 5.94. The van der Waals surface area contributed by atoms with Gasteiger partial charge in [0.1, 0.15) is 0 Å². The predicted molar refractivity (Wildman–Crippen MR) is 216 cm³/mol. The summed E-state index contributed by atoms with van der Waals surface area (Å²) in [6.45, 7) is 2.24. The van der Waals surface area contributed by atoms with Crippen LogP contribution in [-0.4, -0.2) is 4.57 Å². The molecule has 0 saturated heterocycles. The molecule has 6 aromatic carbocycles. The van der Waals surface area contributed by atoms with Crippen molar-refractivity contribution in [1.82, 2.24) is 4.57 Å². The summed E-state index contributed by atoms with van der Waals surface area (Å²) in [4.78, 5) is 2.36. The maximum atomic E-state index is 2.51. The zero-order chi connectivity index (χ0) is 34.1. The molecule has 51 heavy (non-hydrogen) atoms. The summed E-state index contributed by atoms with van der Waals surface area (Å²) < 4.78 is 2.51. The van der Waals surface area contributed by atoms with Gasteiger partial charge in [-0.25, -0.2) is 0 Å². The number of hydrogen-bond acceptors (Lipinski definition) is 1. The molecule has 0 N–H and O–H groups in total. The molecule has 0 radical (unpaired) electrons. The molecule has 0 bridgehead atoms. The van der Waals surface area contributed by atoms with Crippen LogP contribution in [0.5, 0.6) is 0 Å². The van der Waals surface area contributed by atoms with Crippen LogP contribution in [-0.2, 0) is 0 Å². The maximum absolute atomic E-state index is 2.51. The average Bonchev–Trinajstić information content (AvgIpc) is 3.54. The molecule has 2 aliphatic carbocycles. The van der Waals surface area contributed by atoms with Crippen LogP contribution in [0, 0.1) is 6.92 Å². The fourth-order valence-electron chi connectivity index (χ4n) is 8.14. The van der Waals surface area contributed by atoms with Gasteiger partial charge >= 0.3 is 0 Å². The first kappa shape index (κ1) is 30.9. The monoisotopic (exact) mass is 656 g/mol. The van der Waals surface area contributed by atoms with Gasteiger partial charge in [-0.15, -0.1) is 0 Å². The highest BCUT2D eigenvalue weighted by Gasteiger charge is 2.28. The number of para-hydroxylation sites is 2. The van der Waals surface area contributed by atoms with Gasteiger partial charge in [0, 0.05) is 45.3 Å². The number of nitrogens with zero attached hydrogens (tertiary/aromatic N) is 2. The molecule has 1 heterocycles. The molecule has 7 aromatic rings. The first-order valence-corrected chi connectivity index (χ1v) is 18.1. The minimum atomic E-state index is 0.289. The maximum Gasteiger partial charge on any atom is 0.0537 e. The minimum Gasteiger partial charge on any atom is -0.312 e. The average molecular weight is 657 g/mol. The molecule has 0 amide bonds. The van der Waals surface area contributed by atoms with E-state index in [4.69, 9.17) is 0 Å². The normalized spacial score (nSPS) is 15.3. The molecule has 2 heteroatoms. The molecule has 1 aromatic heterocycles. The number of rotatable bonds is 7. The first-order valence-electron chi connectivity index (χ1n) is 18.1. The van der Waals surface area contributed by atoms with Crippen LogP contribution in [0.3, 0.4) is 0 Å². The molecular weight excluding hydrogens is 617 g/mol. The Kier molecular flexibility index (Phi) is 8.06. The lowest BCUT2D eigenvalue weighted by atomic mass is 9.84. The van der Waals surface area contributed by atoms with Crippen molar-refractivity contribution in [3.8, 4) is 5.69 Å². The Bertz CT molecular complexity index is 2430. The van der Waals surface area contributed by atoms with Crippen molar-refractivity contribution in [2.45, 2.75) is 32.1 Å². The topological polar surface area (TPSA) is 8.17 Å². The van der Waals surface area contributed by atoms with Gasteiger partial charge in [-0.1, -0.05) is 127 Å². The molecule has 1 atom stereocenters.